The lowest BCUT2D eigenvalue weighted by Crippen LogP contribution is -2.45. The van der Waals surface area contributed by atoms with Crippen molar-refractivity contribution >= 4 is 13.7 Å². The normalized spacial score (nSPS) is 14.5. The Labute approximate surface area is 347 Å². The molecule has 0 fully saturated rings. The number of nitrogens with zero attached hydrogens (tertiary/aromatic N) is 1. The van der Waals surface area contributed by atoms with Crippen LogP contribution >= 0.6 is 7.82 Å². The van der Waals surface area contributed by atoms with Crippen LogP contribution in [0.5, 0.6) is 0 Å². The Morgan fingerprint density at radius 2 is 1.00 bits per heavy atom. The Bertz CT molecular complexity index is 969. The first-order chi connectivity index (χ1) is 27.0. The number of aliphatic hydroxyl groups excluding tert-OH is 1. The van der Waals surface area contributed by atoms with Gasteiger partial charge in [-0.25, -0.2) is 0 Å². The van der Waals surface area contributed by atoms with Gasteiger partial charge in [0.1, 0.15) is 13.2 Å². The van der Waals surface area contributed by atoms with Crippen molar-refractivity contribution in [3.05, 3.63) is 24.3 Å². The van der Waals surface area contributed by atoms with E-state index in [9.17, 15) is 19.4 Å². The molecule has 0 aliphatic carbocycles. The minimum atomic E-state index is -4.59. The van der Waals surface area contributed by atoms with Crippen LogP contribution in [0.2, 0.25) is 0 Å². The van der Waals surface area contributed by atoms with Gasteiger partial charge in [-0.1, -0.05) is 205 Å². The van der Waals surface area contributed by atoms with E-state index in [1.54, 1.807) is 6.08 Å². The van der Waals surface area contributed by atoms with E-state index < -0.39 is 20.0 Å². The molecule has 3 atom stereocenters. The number of nitrogens with one attached hydrogen (secondary N) is 1. The van der Waals surface area contributed by atoms with Gasteiger partial charge in [-0.2, -0.15) is 0 Å². The summed E-state index contributed by atoms with van der Waals surface area (Å²) in [4.78, 5) is 25.3. The summed E-state index contributed by atoms with van der Waals surface area (Å²) in [7, 11) is 1.25. The van der Waals surface area contributed by atoms with E-state index in [4.69, 9.17) is 9.05 Å². The third-order valence-corrected chi connectivity index (χ3v) is 11.6. The highest BCUT2D eigenvalue weighted by molar-refractivity contribution is 7.45. The van der Waals surface area contributed by atoms with E-state index in [1.807, 2.05) is 27.2 Å². The molecular formula is C47H93N2O6P. The predicted octanol–water partition coefficient (Wildman–Crippen LogP) is 12.7. The van der Waals surface area contributed by atoms with E-state index in [0.29, 0.717) is 17.4 Å². The minimum Gasteiger partial charge on any atom is -0.756 e. The first kappa shape index (κ1) is 55.0. The molecule has 9 heteroatoms. The molecular weight excluding hydrogens is 719 g/mol. The molecule has 0 aromatic rings. The molecule has 0 radical (unpaired) electrons. The topological polar surface area (TPSA) is 108 Å². The molecule has 0 aromatic heterocycles. The number of carbonyl (C=O) groups is 1. The molecule has 0 aromatic carbocycles. The zero-order valence-corrected chi connectivity index (χ0v) is 38.5. The van der Waals surface area contributed by atoms with E-state index in [2.05, 4.69) is 31.3 Å². The number of phosphoric ester groups is 1. The third kappa shape index (κ3) is 41.2. The van der Waals surface area contributed by atoms with Crippen molar-refractivity contribution < 1.29 is 32.9 Å². The van der Waals surface area contributed by atoms with Crippen LogP contribution in [0, 0.1) is 0 Å². The Morgan fingerprint density at radius 1 is 0.607 bits per heavy atom. The lowest BCUT2D eigenvalue weighted by molar-refractivity contribution is -0.870. The summed E-state index contributed by atoms with van der Waals surface area (Å²) in [6, 6.07) is -0.898. The Morgan fingerprint density at radius 3 is 1.45 bits per heavy atom. The van der Waals surface area contributed by atoms with Gasteiger partial charge >= 0.3 is 0 Å². The molecule has 0 saturated carbocycles. The molecule has 0 bridgehead atoms. The Hall–Kier alpha value is -1.02. The highest BCUT2D eigenvalue weighted by atomic mass is 31.2. The van der Waals surface area contributed by atoms with Crippen LogP contribution in [-0.2, 0) is 18.4 Å². The number of carbonyl (C=O) groups excluding carboxylic acids is 1. The zero-order valence-electron chi connectivity index (χ0n) is 37.6. The number of hydrogen-bond donors (Lipinski definition) is 2. The molecule has 3 unspecified atom stereocenters. The molecule has 2 N–H and O–H groups in total. The predicted molar refractivity (Wildman–Crippen MR) is 238 cm³/mol. The summed E-state index contributed by atoms with van der Waals surface area (Å²) in [5.74, 6) is -0.205. The van der Waals surface area contributed by atoms with Gasteiger partial charge in [0, 0.05) is 6.42 Å². The molecule has 8 nitrogen and oxygen atoms in total. The molecule has 0 aliphatic heterocycles. The quantitative estimate of drug-likeness (QED) is 0.0275. The summed E-state index contributed by atoms with van der Waals surface area (Å²) < 4.78 is 23.2. The van der Waals surface area contributed by atoms with E-state index in [-0.39, 0.29) is 19.1 Å². The number of amides is 1. The SMILES string of the molecule is CCCCCCCCCCCCCCC/C=C/CC/C=C/C(O)C(COP(=O)([O-])OCC[N+](C)(C)C)NC(=O)CCCCCCCCCCCCCCCCC. The van der Waals surface area contributed by atoms with Crippen LogP contribution in [-0.4, -0.2) is 68.5 Å². The van der Waals surface area contributed by atoms with Crippen molar-refractivity contribution in [1.82, 2.24) is 5.32 Å². The first-order valence-electron chi connectivity index (χ1n) is 23.7. The average molecular weight is 813 g/mol. The van der Waals surface area contributed by atoms with Crippen LogP contribution in [0.15, 0.2) is 24.3 Å². The highest BCUT2D eigenvalue weighted by Crippen LogP contribution is 2.38. The molecule has 0 rings (SSSR count). The lowest BCUT2D eigenvalue weighted by atomic mass is 10.0. The Kier molecular flexibility index (Phi) is 38.7. The molecule has 0 saturated heterocycles. The van der Waals surface area contributed by atoms with Gasteiger partial charge in [0.25, 0.3) is 7.82 Å². The second-order valence-corrected chi connectivity index (χ2v) is 18.9. The number of quaternary nitrogens is 1. The van der Waals surface area contributed by atoms with Gasteiger partial charge in [0.2, 0.25) is 5.91 Å². The molecule has 0 heterocycles. The second-order valence-electron chi connectivity index (χ2n) is 17.5. The van der Waals surface area contributed by atoms with Crippen molar-refractivity contribution in [2.45, 2.75) is 231 Å². The summed E-state index contributed by atoms with van der Waals surface area (Å²) in [5, 5.41) is 13.8. The summed E-state index contributed by atoms with van der Waals surface area (Å²) in [6.45, 7) is 4.64. The van der Waals surface area contributed by atoms with Crippen LogP contribution in [0.1, 0.15) is 219 Å². The highest BCUT2D eigenvalue weighted by Gasteiger charge is 2.23. The van der Waals surface area contributed by atoms with Gasteiger partial charge in [-0.15, -0.1) is 0 Å². The average Bonchev–Trinajstić information content (AvgIpc) is 3.15. The molecule has 0 spiro atoms. The first-order valence-corrected chi connectivity index (χ1v) is 25.2. The summed E-state index contributed by atoms with van der Waals surface area (Å²) >= 11 is 0. The molecule has 332 valence electrons. The maximum Gasteiger partial charge on any atom is 0.268 e. The fourth-order valence-electron chi connectivity index (χ4n) is 6.87. The second kappa shape index (κ2) is 39.4. The smallest absolute Gasteiger partial charge is 0.268 e. The van der Waals surface area contributed by atoms with Crippen molar-refractivity contribution in [2.24, 2.45) is 0 Å². The van der Waals surface area contributed by atoms with Gasteiger partial charge < -0.3 is 28.8 Å². The van der Waals surface area contributed by atoms with Crippen LogP contribution in [0.3, 0.4) is 0 Å². The van der Waals surface area contributed by atoms with Crippen LogP contribution in [0.25, 0.3) is 0 Å². The van der Waals surface area contributed by atoms with Gasteiger partial charge in [-0.3, -0.25) is 9.36 Å². The monoisotopic (exact) mass is 813 g/mol. The largest absolute Gasteiger partial charge is 0.756 e. The maximum atomic E-state index is 12.9. The van der Waals surface area contributed by atoms with E-state index >= 15 is 0 Å². The van der Waals surface area contributed by atoms with Crippen molar-refractivity contribution in [3.63, 3.8) is 0 Å². The van der Waals surface area contributed by atoms with E-state index in [1.165, 1.54) is 161 Å². The summed E-state index contributed by atoms with van der Waals surface area (Å²) in [5.41, 5.74) is 0. The number of unbranched alkanes of at least 4 members (excludes halogenated alkanes) is 28. The molecule has 1 amide bonds. The van der Waals surface area contributed by atoms with Crippen molar-refractivity contribution in [3.8, 4) is 0 Å². The van der Waals surface area contributed by atoms with Crippen LogP contribution < -0.4 is 10.2 Å². The standard InChI is InChI=1S/C47H93N2O6P/c1-6-8-10-12-14-16-18-20-22-23-24-25-27-28-30-32-34-36-38-40-46(50)45(44-55-56(52,53)54-43-42-49(3,4)5)48-47(51)41-39-37-35-33-31-29-26-21-19-17-15-13-11-9-7-2/h30,32,38,40,45-46,50H,6-29,31,33-37,39,41-44H2,1-5H3,(H-,48,51,52,53)/b32-30+,40-38+. The number of allylic oxidation sites excluding steroid dienone is 3. The van der Waals surface area contributed by atoms with E-state index in [0.717, 1.165) is 38.5 Å². The van der Waals surface area contributed by atoms with Crippen LogP contribution in [0.4, 0.5) is 0 Å². The zero-order chi connectivity index (χ0) is 41.4. The third-order valence-electron chi connectivity index (χ3n) is 10.7. The number of aliphatic hydroxyl groups is 1. The van der Waals surface area contributed by atoms with Crippen molar-refractivity contribution in [1.29, 1.82) is 0 Å². The lowest BCUT2D eigenvalue weighted by Gasteiger charge is -2.29. The molecule has 56 heavy (non-hydrogen) atoms. The van der Waals surface area contributed by atoms with Gasteiger partial charge in [-0.05, 0) is 32.1 Å². The van der Waals surface area contributed by atoms with Gasteiger partial charge in [0.15, 0.2) is 0 Å². The maximum absolute atomic E-state index is 12.9. The minimum absolute atomic E-state index is 0.00414. The number of likely N-dealkylation sites (N-methyl/N-ethyl adjacent to an activating group) is 1. The number of hydrogen-bond acceptors (Lipinski definition) is 6. The molecule has 0 aliphatic rings. The summed E-state index contributed by atoms with van der Waals surface area (Å²) in [6.07, 6.45) is 46.5. The fourth-order valence-corrected chi connectivity index (χ4v) is 7.60. The number of phosphoric acid groups is 1. The van der Waals surface area contributed by atoms with Gasteiger partial charge in [0.05, 0.1) is 39.9 Å². The Balaban J connectivity index is 4.41. The fraction of sp³-hybridized carbons (Fsp3) is 0.894. The number of rotatable bonds is 43. The van der Waals surface area contributed by atoms with Crippen molar-refractivity contribution in [2.75, 3.05) is 40.9 Å².